The number of allylic oxidation sites excluding steroid dienone is 7. The van der Waals surface area contributed by atoms with Gasteiger partial charge in [0.25, 0.3) is 0 Å². The summed E-state index contributed by atoms with van der Waals surface area (Å²) in [6.07, 6.45) is 21.4. The van der Waals surface area contributed by atoms with Gasteiger partial charge >= 0.3 is 19.8 Å². The molecule has 0 aliphatic heterocycles. The van der Waals surface area contributed by atoms with Crippen LogP contribution in [0.2, 0.25) is 0 Å². The summed E-state index contributed by atoms with van der Waals surface area (Å²) in [6, 6.07) is 0. The van der Waals surface area contributed by atoms with Gasteiger partial charge in [0.1, 0.15) is 6.61 Å². The van der Waals surface area contributed by atoms with Gasteiger partial charge in [0.15, 0.2) is 6.10 Å². The third kappa shape index (κ3) is 24.9. The largest absolute Gasteiger partial charge is 0.469 e. The van der Waals surface area contributed by atoms with Crippen LogP contribution in [0.3, 0.4) is 0 Å². The molecule has 0 spiro atoms. The van der Waals surface area contributed by atoms with Crippen LogP contribution in [-0.4, -0.2) is 52.3 Å². The van der Waals surface area contributed by atoms with Gasteiger partial charge in [0, 0.05) is 13.3 Å². The second-order valence-electron chi connectivity index (χ2n) is 7.88. The highest BCUT2D eigenvalue weighted by atomic mass is 31.2. The summed E-state index contributed by atoms with van der Waals surface area (Å²) in [6.45, 7) is 2.31. The van der Waals surface area contributed by atoms with Crippen molar-refractivity contribution in [2.75, 3.05) is 13.2 Å². The van der Waals surface area contributed by atoms with Crippen LogP contribution in [0.1, 0.15) is 71.6 Å². The fraction of sp³-hybridized carbons (Fsp3) is 0.600. The molecule has 0 saturated heterocycles. The average molecular weight is 517 g/mol. The Bertz CT molecular complexity index is 737. The Balaban J connectivity index is 4.01. The average Bonchev–Trinajstić information content (AvgIpc) is 2.78. The van der Waals surface area contributed by atoms with E-state index in [-0.39, 0.29) is 6.42 Å². The number of rotatable bonds is 20. The number of carbonyl (C=O) groups is 2. The molecule has 2 atom stereocenters. The summed E-state index contributed by atoms with van der Waals surface area (Å²) in [5.74, 6) is -1.29. The van der Waals surface area contributed by atoms with Gasteiger partial charge in [-0.1, -0.05) is 68.4 Å². The first-order valence-corrected chi connectivity index (χ1v) is 13.5. The molecule has 0 saturated carbocycles. The van der Waals surface area contributed by atoms with Crippen LogP contribution in [0.15, 0.2) is 48.6 Å². The van der Waals surface area contributed by atoms with E-state index in [1.54, 1.807) is 12.2 Å². The highest BCUT2D eigenvalue weighted by Gasteiger charge is 2.21. The molecule has 200 valence electrons. The smallest absolute Gasteiger partial charge is 0.462 e. The minimum Gasteiger partial charge on any atom is -0.462 e. The summed E-state index contributed by atoms with van der Waals surface area (Å²) in [5.41, 5.74) is 0. The highest BCUT2D eigenvalue weighted by molar-refractivity contribution is 7.46. The van der Waals surface area contributed by atoms with Crippen LogP contribution in [0, 0.1) is 0 Å². The van der Waals surface area contributed by atoms with Crippen molar-refractivity contribution < 1.29 is 43.0 Å². The van der Waals surface area contributed by atoms with E-state index in [0.717, 1.165) is 26.2 Å². The SMILES string of the molecule is CCCCC/C=C\C/C=C\C/C=C\C=C\[C@@H](O)CCCC(=O)OC[C@H](COP(=O)(O)O)OC(C)=O. The zero-order valence-electron chi connectivity index (χ0n) is 20.8. The van der Waals surface area contributed by atoms with Crippen molar-refractivity contribution in [1.29, 1.82) is 0 Å². The third-order valence-corrected chi connectivity index (χ3v) is 4.99. The number of ether oxygens (including phenoxy) is 2. The van der Waals surface area contributed by atoms with Crippen LogP contribution in [0.25, 0.3) is 0 Å². The Morgan fingerprint density at radius 3 is 2.29 bits per heavy atom. The van der Waals surface area contributed by atoms with Crippen LogP contribution in [-0.2, 0) is 28.2 Å². The fourth-order valence-corrected chi connectivity index (χ4v) is 3.13. The molecule has 0 aromatic carbocycles. The van der Waals surface area contributed by atoms with Crippen molar-refractivity contribution in [3.63, 3.8) is 0 Å². The number of esters is 2. The van der Waals surface area contributed by atoms with Crippen molar-refractivity contribution in [3.05, 3.63) is 48.6 Å². The lowest BCUT2D eigenvalue weighted by molar-refractivity contribution is -0.159. The molecule has 0 fully saturated rings. The molecule has 0 aliphatic rings. The van der Waals surface area contributed by atoms with Gasteiger partial charge < -0.3 is 24.4 Å². The molecule has 0 heterocycles. The summed E-state index contributed by atoms with van der Waals surface area (Å²) in [5, 5.41) is 9.96. The molecule has 0 aromatic heterocycles. The maximum absolute atomic E-state index is 11.8. The summed E-state index contributed by atoms with van der Waals surface area (Å²) >= 11 is 0. The Hall–Kier alpha value is -2.03. The topological polar surface area (TPSA) is 140 Å². The van der Waals surface area contributed by atoms with Crippen LogP contribution >= 0.6 is 7.82 Å². The molecule has 0 radical (unpaired) electrons. The molecule has 9 nitrogen and oxygen atoms in total. The molecule has 35 heavy (non-hydrogen) atoms. The number of unbranched alkanes of at least 4 members (excludes halogenated alkanes) is 3. The van der Waals surface area contributed by atoms with E-state index in [4.69, 9.17) is 19.3 Å². The second kappa shape index (κ2) is 21.3. The van der Waals surface area contributed by atoms with Crippen molar-refractivity contribution in [2.24, 2.45) is 0 Å². The predicted octanol–water partition coefficient (Wildman–Crippen LogP) is 4.69. The Morgan fingerprint density at radius 2 is 1.63 bits per heavy atom. The van der Waals surface area contributed by atoms with Gasteiger partial charge in [-0.3, -0.25) is 14.1 Å². The van der Waals surface area contributed by atoms with Crippen molar-refractivity contribution in [3.8, 4) is 0 Å². The van der Waals surface area contributed by atoms with Crippen molar-refractivity contribution in [1.82, 2.24) is 0 Å². The number of hydrogen-bond donors (Lipinski definition) is 3. The van der Waals surface area contributed by atoms with Gasteiger partial charge in [0.2, 0.25) is 0 Å². The maximum atomic E-state index is 11.8. The normalized spacial score (nSPS) is 14.3. The van der Waals surface area contributed by atoms with E-state index in [1.807, 2.05) is 12.2 Å². The standard InChI is InChI=1S/C25H41O9P/c1-3-4-5-6-7-8-9-10-11-12-13-14-15-17-23(27)18-16-19-25(28)32-20-24(34-22(2)26)21-33-35(29,30)31/h7-8,10-11,13-15,17,23-24,27H,3-6,9,12,16,18-21H2,1-2H3,(H2,29,30,31)/b8-7-,11-10-,14-13-,17-15+/t23-,24-/m1/s1. The summed E-state index contributed by atoms with van der Waals surface area (Å²) < 4.78 is 24.8. The quantitative estimate of drug-likeness (QED) is 0.0691. The first-order chi connectivity index (χ1) is 16.6. The number of carbonyl (C=O) groups excluding carboxylic acids is 2. The fourth-order valence-electron chi connectivity index (χ4n) is 2.77. The lowest BCUT2D eigenvalue weighted by Crippen LogP contribution is -2.28. The molecule has 10 heteroatoms. The van der Waals surface area contributed by atoms with Crippen LogP contribution < -0.4 is 0 Å². The molecule has 0 bridgehead atoms. The zero-order valence-corrected chi connectivity index (χ0v) is 21.7. The number of aliphatic hydroxyl groups is 1. The van der Waals surface area contributed by atoms with Crippen molar-refractivity contribution >= 4 is 19.8 Å². The van der Waals surface area contributed by atoms with Crippen LogP contribution in [0.4, 0.5) is 0 Å². The van der Waals surface area contributed by atoms with Crippen LogP contribution in [0.5, 0.6) is 0 Å². The molecule has 0 aliphatic carbocycles. The van der Waals surface area contributed by atoms with Gasteiger partial charge in [-0.05, 0) is 38.5 Å². The Morgan fingerprint density at radius 1 is 0.943 bits per heavy atom. The van der Waals surface area contributed by atoms with E-state index in [0.29, 0.717) is 12.8 Å². The van der Waals surface area contributed by atoms with Gasteiger partial charge in [0.05, 0.1) is 12.7 Å². The lowest BCUT2D eigenvalue weighted by Gasteiger charge is -2.17. The van der Waals surface area contributed by atoms with Gasteiger partial charge in [-0.15, -0.1) is 0 Å². The van der Waals surface area contributed by atoms with E-state index in [2.05, 4.69) is 35.8 Å². The Kier molecular flexibility index (Phi) is 20.0. The second-order valence-corrected chi connectivity index (χ2v) is 9.12. The van der Waals surface area contributed by atoms with Crippen molar-refractivity contribution in [2.45, 2.75) is 83.8 Å². The van der Waals surface area contributed by atoms with E-state index in [9.17, 15) is 19.3 Å². The van der Waals surface area contributed by atoms with E-state index < -0.39 is 45.2 Å². The highest BCUT2D eigenvalue weighted by Crippen LogP contribution is 2.35. The first-order valence-electron chi connectivity index (χ1n) is 12.0. The number of hydrogen-bond acceptors (Lipinski definition) is 7. The maximum Gasteiger partial charge on any atom is 0.469 e. The number of phosphoric acid groups is 1. The molecule has 3 N–H and O–H groups in total. The molecule has 0 amide bonds. The molecule has 0 unspecified atom stereocenters. The predicted molar refractivity (Wildman–Crippen MR) is 134 cm³/mol. The van der Waals surface area contributed by atoms with E-state index >= 15 is 0 Å². The summed E-state index contributed by atoms with van der Waals surface area (Å²) in [7, 11) is -4.74. The molecule has 0 aromatic rings. The number of aliphatic hydroxyl groups excluding tert-OH is 1. The molecule has 0 rings (SSSR count). The molecular weight excluding hydrogens is 475 g/mol. The first kappa shape index (κ1) is 33.0. The molecular formula is C25H41O9P. The summed E-state index contributed by atoms with van der Waals surface area (Å²) in [4.78, 5) is 40.3. The van der Waals surface area contributed by atoms with Gasteiger partial charge in [-0.2, -0.15) is 0 Å². The van der Waals surface area contributed by atoms with E-state index in [1.165, 1.54) is 19.3 Å². The number of phosphoric ester groups is 1. The minimum absolute atomic E-state index is 0.0325. The third-order valence-electron chi connectivity index (χ3n) is 4.50. The Labute approximate surface area is 208 Å². The van der Waals surface area contributed by atoms with Gasteiger partial charge in [-0.25, -0.2) is 4.57 Å². The zero-order chi connectivity index (χ0) is 26.4. The monoisotopic (exact) mass is 516 g/mol. The minimum atomic E-state index is -4.74. The lowest BCUT2D eigenvalue weighted by atomic mass is 10.1.